The molecule has 1 aliphatic rings. The first kappa shape index (κ1) is 25.1. The van der Waals surface area contributed by atoms with E-state index in [-0.39, 0.29) is 22.4 Å². The number of aromatic nitrogens is 3. The van der Waals surface area contributed by atoms with Gasteiger partial charge < -0.3 is 20.4 Å². The molecule has 1 unspecified atom stereocenters. The van der Waals surface area contributed by atoms with E-state index >= 15 is 0 Å². The van der Waals surface area contributed by atoms with Crippen LogP contribution in [-0.4, -0.2) is 57.6 Å². The number of nitriles is 1. The van der Waals surface area contributed by atoms with Gasteiger partial charge in [-0.2, -0.15) is 5.26 Å². The summed E-state index contributed by atoms with van der Waals surface area (Å²) in [5, 5.41) is 12.0. The second kappa shape index (κ2) is 10.4. The zero-order valence-corrected chi connectivity index (χ0v) is 21.3. The maximum atomic E-state index is 13.4. The van der Waals surface area contributed by atoms with Gasteiger partial charge in [-0.3, -0.25) is 14.4 Å². The number of ketones is 1. The summed E-state index contributed by atoms with van der Waals surface area (Å²) in [5.41, 5.74) is 7.74. The Kier molecular flexibility index (Phi) is 6.89. The topological polar surface area (TPSA) is 155 Å². The fraction of sp³-hybridized carbons (Fsp3) is 0.259. The van der Waals surface area contributed by atoms with Crippen LogP contribution in [0.25, 0.3) is 22.3 Å². The van der Waals surface area contributed by atoms with Gasteiger partial charge in [0.05, 0.1) is 41.8 Å². The van der Waals surface area contributed by atoms with Crippen molar-refractivity contribution in [3.63, 3.8) is 0 Å². The van der Waals surface area contributed by atoms with E-state index in [0.29, 0.717) is 54.0 Å². The molecule has 3 aromatic heterocycles. The van der Waals surface area contributed by atoms with Crippen LogP contribution in [0.15, 0.2) is 48.1 Å². The average molecular weight is 529 g/mol. The van der Waals surface area contributed by atoms with Gasteiger partial charge in [0.15, 0.2) is 5.01 Å². The Bertz CT molecular complexity index is 1560. The number of methoxy groups -OCH3 is 1. The first-order valence-electron chi connectivity index (χ1n) is 12.0. The van der Waals surface area contributed by atoms with E-state index < -0.39 is 17.6 Å². The van der Waals surface area contributed by atoms with Crippen LogP contribution in [0.3, 0.4) is 0 Å². The molecule has 1 saturated heterocycles. The van der Waals surface area contributed by atoms with Gasteiger partial charge in [0.2, 0.25) is 0 Å². The number of H-pyrrole nitrogens is 1. The Morgan fingerprint density at radius 2 is 1.97 bits per heavy atom. The largest absolute Gasteiger partial charge is 0.494 e. The number of hydrogen-bond donors (Lipinski definition) is 2. The quantitative estimate of drug-likeness (QED) is 0.275. The van der Waals surface area contributed by atoms with Gasteiger partial charge in [-0.25, -0.2) is 9.97 Å². The fourth-order valence-corrected chi connectivity index (χ4v) is 5.60. The van der Waals surface area contributed by atoms with Crippen LogP contribution in [0.2, 0.25) is 0 Å². The molecule has 1 atom stereocenters. The summed E-state index contributed by atoms with van der Waals surface area (Å²) >= 11 is 1.09. The third-order valence-electron chi connectivity index (χ3n) is 6.89. The lowest BCUT2D eigenvalue weighted by atomic mass is 9.81. The summed E-state index contributed by atoms with van der Waals surface area (Å²) in [5.74, 6) is -1.75. The summed E-state index contributed by atoms with van der Waals surface area (Å²) in [7, 11) is 1.45. The SMILES string of the molecule is COc1cnc(-c2csc(C(N)=O)n2)c2[nH]cc(C(=O)C(=O)N3CCC(C(C#N)c4ccccc4)CC3)c12. The van der Waals surface area contributed by atoms with Gasteiger partial charge in [0, 0.05) is 24.7 Å². The molecule has 0 aliphatic carbocycles. The molecule has 3 N–H and O–H groups in total. The monoisotopic (exact) mass is 528 g/mol. The van der Waals surface area contributed by atoms with Crippen molar-refractivity contribution in [2.45, 2.75) is 18.8 Å². The minimum atomic E-state index is -0.666. The Hall–Kier alpha value is -4.56. The number of piperidine rings is 1. The standard InChI is InChI=1S/C27H24N6O4S/c1-37-20-13-31-22(19-14-38-26(32-19)25(29)35)23-21(20)18(12-30-23)24(34)27(36)33-9-7-16(8-10-33)17(11-28)15-5-3-2-4-6-15/h2-6,12-14,16-17,30H,7-10H2,1H3,(H2,29,35). The molecule has 1 aliphatic heterocycles. The highest BCUT2D eigenvalue weighted by molar-refractivity contribution is 7.12. The van der Waals surface area contributed by atoms with E-state index in [9.17, 15) is 19.6 Å². The number of thiazole rings is 1. The molecule has 1 aromatic carbocycles. The van der Waals surface area contributed by atoms with E-state index in [4.69, 9.17) is 10.5 Å². The van der Waals surface area contributed by atoms with Crippen LogP contribution in [0.1, 0.15) is 44.5 Å². The fourth-order valence-electron chi connectivity index (χ4n) is 4.95. The molecule has 38 heavy (non-hydrogen) atoms. The van der Waals surface area contributed by atoms with E-state index in [2.05, 4.69) is 21.0 Å². The molecule has 10 nitrogen and oxygen atoms in total. The number of nitrogens with one attached hydrogen (secondary N) is 1. The molecule has 4 aromatic rings. The van der Waals surface area contributed by atoms with Crippen LogP contribution in [0.5, 0.6) is 5.75 Å². The van der Waals surface area contributed by atoms with Gasteiger partial charge >= 0.3 is 0 Å². The van der Waals surface area contributed by atoms with Crippen molar-refractivity contribution >= 4 is 39.8 Å². The Labute approximate surface area is 222 Å². The number of hydrogen-bond acceptors (Lipinski definition) is 8. The number of pyridine rings is 1. The molecular formula is C27H24N6O4S. The van der Waals surface area contributed by atoms with Crippen molar-refractivity contribution in [3.05, 3.63) is 64.2 Å². The smallest absolute Gasteiger partial charge is 0.295 e. The van der Waals surface area contributed by atoms with E-state index in [1.165, 1.54) is 19.5 Å². The number of nitrogens with two attached hydrogens (primary N) is 1. The van der Waals surface area contributed by atoms with Crippen molar-refractivity contribution < 1.29 is 19.1 Å². The number of nitrogens with zero attached hydrogens (tertiary/aromatic N) is 4. The third-order valence-corrected chi connectivity index (χ3v) is 7.74. The molecule has 5 rings (SSSR count). The molecular weight excluding hydrogens is 504 g/mol. The number of Topliss-reactive ketones (excluding diaryl/α,β-unsaturated/α-hetero) is 1. The van der Waals surface area contributed by atoms with Crippen LogP contribution < -0.4 is 10.5 Å². The number of rotatable bonds is 7. The second-order valence-electron chi connectivity index (χ2n) is 9.01. The molecule has 11 heteroatoms. The predicted molar refractivity (Wildman–Crippen MR) is 141 cm³/mol. The highest BCUT2D eigenvalue weighted by Gasteiger charge is 2.33. The van der Waals surface area contributed by atoms with Gasteiger partial charge in [0.25, 0.3) is 17.6 Å². The van der Waals surface area contributed by atoms with Crippen molar-refractivity contribution in [2.24, 2.45) is 11.7 Å². The molecule has 0 spiro atoms. The normalized spacial score (nSPS) is 14.7. The van der Waals surface area contributed by atoms with Gasteiger partial charge in [-0.05, 0) is 24.3 Å². The third kappa shape index (κ3) is 4.50. The molecule has 0 bridgehead atoms. The first-order chi connectivity index (χ1) is 18.4. The number of primary amides is 1. The van der Waals surface area contributed by atoms with Crippen molar-refractivity contribution in [3.8, 4) is 23.2 Å². The number of carbonyl (C=O) groups is 3. The molecule has 1 fully saturated rings. The van der Waals surface area contributed by atoms with Crippen molar-refractivity contribution in [1.82, 2.24) is 19.9 Å². The van der Waals surface area contributed by atoms with Crippen LogP contribution >= 0.6 is 11.3 Å². The minimum absolute atomic E-state index is 0.103. The zero-order chi connectivity index (χ0) is 26.8. The molecule has 0 saturated carbocycles. The summed E-state index contributed by atoms with van der Waals surface area (Å²) < 4.78 is 5.45. The van der Waals surface area contributed by atoms with Crippen molar-refractivity contribution in [2.75, 3.05) is 20.2 Å². The first-order valence-corrected chi connectivity index (χ1v) is 12.9. The summed E-state index contributed by atoms with van der Waals surface area (Å²) in [6.07, 6.45) is 4.17. The highest BCUT2D eigenvalue weighted by atomic mass is 32.1. The number of fused-ring (bicyclic) bond motifs is 1. The number of aromatic amines is 1. The van der Waals surface area contributed by atoms with E-state index in [1.54, 1.807) is 10.3 Å². The molecule has 2 amide bonds. The Morgan fingerprint density at radius 3 is 2.61 bits per heavy atom. The van der Waals surface area contributed by atoms with Gasteiger partial charge in [-0.15, -0.1) is 11.3 Å². The minimum Gasteiger partial charge on any atom is -0.494 e. The van der Waals surface area contributed by atoms with Crippen LogP contribution in [0.4, 0.5) is 0 Å². The van der Waals surface area contributed by atoms with E-state index in [1.807, 2.05) is 30.3 Å². The maximum absolute atomic E-state index is 13.4. The lowest BCUT2D eigenvalue weighted by molar-refractivity contribution is -0.127. The lowest BCUT2D eigenvalue weighted by Crippen LogP contribution is -2.43. The number of ether oxygens (including phenoxy) is 1. The number of carbonyl (C=O) groups excluding carboxylic acids is 3. The summed E-state index contributed by atoms with van der Waals surface area (Å²) in [6, 6.07) is 12.1. The summed E-state index contributed by atoms with van der Waals surface area (Å²) in [4.78, 5) is 51.4. The number of likely N-dealkylation sites (tertiary alicyclic amines) is 1. The van der Waals surface area contributed by atoms with Crippen LogP contribution in [-0.2, 0) is 4.79 Å². The van der Waals surface area contributed by atoms with Gasteiger partial charge in [-0.1, -0.05) is 30.3 Å². The zero-order valence-electron chi connectivity index (χ0n) is 20.5. The maximum Gasteiger partial charge on any atom is 0.295 e. The number of amides is 2. The highest BCUT2D eigenvalue weighted by Crippen LogP contribution is 2.36. The number of benzene rings is 1. The predicted octanol–water partition coefficient (Wildman–Crippen LogP) is 3.52. The Balaban J connectivity index is 1.38. The molecule has 0 radical (unpaired) electrons. The summed E-state index contributed by atoms with van der Waals surface area (Å²) in [6.45, 7) is 0.780. The van der Waals surface area contributed by atoms with Crippen LogP contribution in [0, 0.1) is 17.2 Å². The van der Waals surface area contributed by atoms with Crippen molar-refractivity contribution in [1.29, 1.82) is 5.26 Å². The lowest BCUT2D eigenvalue weighted by Gasteiger charge is -2.33. The van der Waals surface area contributed by atoms with Gasteiger partial charge in [0.1, 0.15) is 17.1 Å². The van der Waals surface area contributed by atoms with E-state index in [0.717, 1.165) is 16.9 Å². The Morgan fingerprint density at radius 1 is 1.24 bits per heavy atom. The molecule has 4 heterocycles. The average Bonchev–Trinajstić information content (AvgIpc) is 3.62. The molecule has 192 valence electrons. The second-order valence-corrected chi connectivity index (χ2v) is 9.86.